The van der Waals surface area contributed by atoms with Crippen LogP contribution < -0.4 is 10.0 Å². The summed E-state index contributed by atoms with van der Waals surface area (Å²) in [5, 5.41) is 3.06. The summed E-state index contributed by atoms with van der Waals surface area (Å²) < 4.78 is 28.2. The first-order chi connectivity index (χ1) is 13.7. The van der Waals surface area contributed by atoms with Gasteiger partial charge in [-0.2, -0.15) is 0 Å². The second kappa shape index (κ2) is 8.27. The molecule has 0 heterocycles. The minimum absolute atomic E-state index is 0.104. The first-order valence-electron chi connectivity index (χ1n) is 8.94. The fourth-order valence-electron chi connectivity index (χ4n) is 3.10. The molecular weight excluding hydrogens is 408 g/mol. The smallest absolute Gasteiger partial charge is 0.261 e. The van der Waals surface area contributed by atoms with Gasteiger partial charge < -0.3 is 5.32 Å². The molecule has 3 rings (SSSR count). The number of halogens is 1. The number of hydrogen-bond acceptors (Lipinski definition) is 3. The zero-order valence-corrected chi connectivity index (χ0v) is 17.9. The average Bonchev–Trinajstić information content (AvgIpc) is 2.65. The van der Waals surface area contributed by atoms with Crippen molar-refractivity contribution in [1.29, 1.82) is 0 Å². The van der Waals surface area contributed by atoms with Crippen molar-refractivity contribution in [3.05, 3.63) is 87.9 Å². The van der Waals surface area contributed by atoms with Crippen molar-refractivity contribution in [2.45, 2.75) is 25.7 Å². The highest BCUT2D eigenvalue weighted by atomic mass is 35.5. The van der Waals surface area contributed by atoms with Crippen LogP contribution in [0.15, 0.2) is 65.6 Å². The molecule has 0 spiro atoms. The Bertz CT molecular complexity index is 1150. The molecule has 0 bridgehead atoms. The molecule has 0 aliphatic rings. The highest BCUT2D eigenvalue weighted by molar-refractivity contribution is 7.92. The third-order valence-electron chi connectivity index (χ3n) is 4.45. The molecule has 3 aromatic rings. The number of sulfonamides is 1. The monoisotopic (exact) mass is 428 g/mol. The standard InChI is InChI=1S/C22H21ClN2O3S/c1-14-12-15(2)21(16(3)13-14)25-29(27,28)18-10-8-17(9-11-18)24-22(26)19-6-4-5-7-20(19)23/h4-13,25H,1-3H3,(H,24,26). The lowest BCUT2D eigenvalue weighted by atomic mass is 10.1. The molecule has 0 saturated carbocycles. The first kappa shape index (κ1) is 20.9. The maximum Gasteiger partial charge on any atom is 0.261 e. The summed E-state index contributed by atoms with van der Waals surface area (Å²) in [5.41, 5.74) is 4.17. The van der Waals surface area contributed by atoms with Crippen molar-refractivity contribution < 1.29 is 13.2 Å². The van der Waals surface area contributed by atoms with Crippen LogP contribution in [0.25, 0.3) is 0 Å². The van der Waals surface area contributed by atoms with Crippen LogP contribution in [0.2, 0.25) is 5.02 Å². The summed E-state index contributed by atoms with van der Waals surface area (Å²) in [4.78, 5) is 12.4. The van der Waals surface area contributed by atoms with Crippen molar-refractivity contribution in [3.8, 4) is 0 Å². The SMILES string of the molecule is Cc1cc(C)c(NS(=O)(=O)c2ccc(NC(=O)c3ccccc3Cl)cc2)c(C)c1. The highest BCUT2D eigenvalue weighted by Crippen LogP contribution is 2.26. The van der Waals surface area contributed by atoms with E-state index in [4.69, 9.17) is 11.6 Å². The summed E-state index contributed by atoms with van der Waals surface area (Å²) in [6.07, 6.45) is 0. The molecule has 0 aliphatic carbocycles. The zero-order valence-electron chi connectivity index (χ0n) is 16.3. The highest BCUT2D eigenvalue weighted by Gasteiger charge is 2.17. The Labute approximate surface area is 175 Å². The second-order valence-corrected chi connectivity index (χ2v) is 8.93. The summed E-state index contributed by atoms with van der Waals surface area (Å²) in [6.45, 7) is 5.70. The molecule has 2 N–H and O–H groups in total. The maximum absolute atomic E-state index is 12.8. The van der Waals surface area contributed by atoms with Gasteiger partial charge in [-0.05, 0) is 68.3 Å². The van der Waals surface area contributed by atoms with Crippen LogP contribution >= 0.6 is 11.6 Å². The summed E-state index contributed by atoms with van der Waals surface area (Å²) in [7, 11) is -3.76. The Morgan fingerprint density at radius 1 is 0.897 bits per heavy atom. The fraction of sp³-hybridized carbons (Fsp3) is 0.136. The molecule has 0 atom stereocenters. The maximum atomic E-state index is 12.8. The molecule has 29 heavy (non-hydrogen) atoms. The van der Waals surface area contributed by atoms with Crippen molar-refractivity contribution in [3.63, 3.8) is 0 Å². The number of rotatable bonds is 5. The normalized spacial score (nSPS) is 11.2. The summed E-state index contributed by atoms with van der Waals surface area (Å²) >= 11 is 6.03. The molecular formula is C22H21ClN2O3S. The van der Waals surface area contributed by atoms with Gasteiger partial charge in [0.15, 0.2) is 0 Å². The van der Waals surface area contributed by atoms with Crippen LogP contribution in [0.5, 0.6) is 0 Å². The van der Waals surface area contributed by atoms with Gasteiger partial charge in [0.05, 0.1) is 21.2 Å². The van der Waals surface area contributed by atoms with Gasteiger partial charge in [0, 0.05) is 5.69 Å². The average molecular weight is 429 g/mol. The molecule has 1 amide bonds. The Kier molecular flexibility index (Phi) is 5.96. The number of nitrogens with one attached hydrogen (secondary N) is 2. The van der Waals surface area contributed by atoms with Crippen molar-refractivity contribution in [2.75, 3.05) is 10.0 Å². The molecule has 0 radical (unpaired) electrons. The Morgan fingerprint density at radius 3 is 2.07 bits per heavy atom. The first-order valence-corrected chi connectivity index (χ1v) is 10.8. The van der Waals surface area contributed by atoms with Gasteiger partial charge in [0.1, 0.15) is 0 Å². The van der Waals surface area contributed by atoms with Gasteiger partial charge in [-0.15, -0.1) is 0 Å². The predicted molar refractivity (Wildman–Crippen MR) is 117 cm³/mol. The van der Waals surface area contributed by atoms with Crippen LogP contribution in [0, 0.1) is 20.8 Å². The van der Waals surface area contributed by atoms with Crippen LogP contribution in [0.1, 0.15) is 27.0 Å². The van der Waals surface area contributed by atoms with E-state index in [1.807, 2.05) is 32.9 Å². The van der Waals surface area contributed by atoms with Gasteiger partial charge in [-0.1, -0.05) is 41.4 Å². The molecule has 5 nitrogen and oxygen atoms in total. The number of amides is 1. The third kappa shape index (κ3) is 4.78. The van der Waals surface area contributed by atoms with Crippen molar-refractivity contribution in [1.82, 2.24) is 0 Å². The van der Waals surface area contributed by atoms with E-state index in [1.54, 1.807) is 24.3 Å². The van der Waals surface area contributed by atoms with E-state index in [1.165, 1.54) is 24.3 Å². The Morgan fingerprint density at radius 2 is 1.48 bits per heavy atom. The van der Waals surface area contributed by atoms with Crippen LogP contribution in [-0.4, -0.2) is 14.3 Å². The van der Waals surface area contributed by atoms with Gasteiger partial charge in [-0.25, -0.2) is 8.42 Å². The Balaban J connectivity index is 1.79. The molecule has 0 unspecified atom stereocenters. The van der Waals surface area contributed by atoms with Crippen molar-refractivity contribution >= 4 is 38.9 Å². The molecule has 3 aromatic carbocycles. The third-order valence-corrected chi connectivity index (χ3v) is 6.15. The topological polar surface area (TPSA) is 75.3 Å². The molecule has 0 saturated heterocycles. The lowest BCUT2D eigenvalue weighted by Gasteiger charge is -2.14. The van der Waals surface area contributed by atoms with Gasteiger partial charge in [0.2, 0.25) is 0 Å². The van der Waals surface area contributed by atoms with E-state index >= 15 is 0 Å². The van der Waals surface area contributed by atoms with Gasteiger partial charge in [0.25, 0.3) is 15.9 Å². The fourth-order valence-corrected chi connectivity index (χ4v) is 4.52. The summed E-state index contributed by atoms with van der Waals surface area (Å²) in [6, 6.07) is 16.5. The predicted octanol–water partition coefficient (Wildman–Crippen LogP) is 5.32. The van der Waals surface area contributed by atoms with Gasteiger partial charge in [-0.3, -0.25) is 9.52 Å². The molecule has 0 aromatic heterocycles. The van der Waals surface area contributed by atoms with E-state index in [-0.39, 0.29) is 10.8 Å². The van der Waals surface area contributed by atoms with E-state index < -0.39 is 10.0 Å². The number of hydrogen-bond donors (Lipinski definition) is 2. The van der Waals surface area contributed by atoms with E-state index in [9.17, 15) is 13.2 Å². The number of benzene rings is 3. The number of carbonyl (C=O) groups is 1. The van der Waals surface area contributed by atoms with E-state index in [0.717, 1.165) is 16.7 Å². The number of anilines is 2. The molecule has 0 aliphatic heterocycles. The zero-order chi connectivity index (χ0) is 21.2. The van der Waals surface area contributed by atoms with Crippen LogP contribution in [0.4, 0.5) is 11.4 Å². The number of carbonyl (C=O) groups excluding carboxylic acids is 1. The van der Waals surface area contributed by atoms with Gasteiger partial charge >= 0.3 is 0 Å². The van der Waals surface area contributed by atoms with Crippen molar-refractivity contribution in [2.24, 2.45) is 0 Å². The lowest BCUT2D eigenvalue weighted by Crippen LogP contribution is -2.15. The molecule has 150 valence electrons. The van der Waals surface area contributed by atoms with E-state index in [0.29, 0.717) is 22.0 Å². The van der Waals surface area contributed by atoms with Crippen LogP contribution in [0.3, 0.4) is 0 Å². The summed E-state index contributed by atoms with van der Waals surface area (Å²) in [5.74, 6) is -0.366. The Hall–Kier alpha value is -2.83. The minimum atomic E-state index is -3.76. The van der Waals surface area contributed by atoms with E-state index in [2.05, 4.69) is 10.0 Å². The molecule has 7 heteroatoms. The molecule has 0 fully saturated rings. The largest absolute Gasteiger partial charge is 0.322 e. The number of aryl methyl sites for hydroxylation is 3. The second-order valence-electron chi connectivity index (χ2n) is 6.84. The lowest BCUT2D eigenvalue weighted by molar-refractivity contribution is 0.102. The minimum Gasteiger partial charge on any atom is -0.322 e. The quantitative estimate of drug-likeness (QED) is 0.577. The van der Waals surface area contributed by atoms with Crippen LogP contribution in [-0.2, 0) is 10.0 Å².